The molecule has 0 saturated carbocycles. The number of nitrogens with one attached hydrogen (secondary N) is 1. The van der Waals surface area contributed by atoms with E-state index in [0.717, 1.165) is 18.5 Å². The van der Waals surface area contributed by atoms with Crippen LogP contribution in [0.1, 0.15) is 29.7 Å². The maximum Gasteiger partial charge on any atom is 0.433 e. The maximum atomic E-state index is 15.3. The molecule has 0 radical (unpaired) electrons. The van der Waals surface area contributed by atoms with Crippen LogP contribution in [0, 0.1) is 5.82 Å². The third-order valence-electron chi connectivity index (χ3n) is 6.59. The second kappa shape index (κ2) is 11.5. The minimum absolute atomic E-state index is 0.0171. The van der Waals surface area contributed by atoms with Crippen molar-refractivity contribution in [2.75, 3.05) is 0 Å². The number of hydrogen-bond donors (Lipinski definition) is 1. The highest BCUT2D eigenvalue weighted by molar-refractivity contribution is 6.31. The molecule has 5 aromatic heterocycles. The minimum Gasteiger partial charge on any atom is -0.263 e. The molecule has 0 spiro atoms. The van der Waals surface area contributed by atoms with Crippen molar-refractivity contribution in [3.05, 3.63) is 102 Å². The zero-order valence-corrected chi connectivity index (χ0v) is 22.7. The van der Waals surface area contributed by atoms with E-state index in [4.69, 9.17) is 11.6 Å². The minimum atomic E-state index is -4.65. The molecule has 0 aliphatic heterocycles. The third-order valence-corrected chi connectivity index (χ3v) is 6.88. The summed E-state index contributed by atoms with van der Waals surface area (Å²) in [5.41, 5.74) is 0.796. The third kappa shape index (κ3) is 5.72. The lowest BCUT2D eigenvalue weighted by molar-refractivity contribution is -0.659. The first-order valence-electron chi connectivity index (χ1n) is 12.6. The van der Waals surface area contributed by atoms with Gasteiger partial charge in [-0.15, -0.1) is 9.78 Å². The standard InChI is InChI=1S/C26H16ClF6N11/c27-18-2-4-20(44-13-36-39-41-44)23(24(18)28)15-1-3-19(35-9-15)21(8-17-12-43(25(29)30)40-38-17)42-11-16(10-37-42)14-5-6-34-22(7-14)26(31,32)33/h1-7,9-13,21,25H,8H2/p+1/t21-/m1/s1. The van der Waals surface area contributed by atoms with Crippen molar-refractivity contribution in [2.24, 2.45) is 0 Å². The Kier molecular flexibility index (Phi) is 7.54. The van der Waals surface area contributed by atoms with Crippen molar-refractivity contribution in [2.45, 2.75) is 25.2 Å². The fraction of sp³-hybridized carbons (Fsp3) is 0.154. The van der Waals surface area contributed by atoms with Gasteiger partial charge < -0.3 is 0 Å². The van der Waals surface area contributed by atoms with Crippen LogP contribution in [0.4, 0.5) is 26.3 Å². The fourth-order valence-electron chi connectivity index (χ4n) is 4.52. The van der Waals surface area contributed by atoms with E-state index >= 15 is 4.39 Å². The van der Waals surface area contributed by atoms with Crippen molar-refractivity contribution >= 4 is 11.6 Å². The maximum absolute atomic E-state index is 15.3. The number of halogens is 7. The molecule has 1 atom stereocenters. The van der Waals surface area contributed by atoms with Crippen LogP contribution in [-0.4, -0.2) is 50.3 Å². The zero-order chi connectivity index (χ0) is 31.0. The van der Waals surface area contributed by atoms with Crippen LogP contribution in [0.3, 0.4) is 0 Å². The van der Waals surface area contributed by atoms with Gasteiger partial charge in [0.2, 0.25) is 0 Å². The number of aromatic nitrogens is 11. The molecule has 6 aromatic rings. The van der Waals surface area contributed by atoms with E-state index in [2.05, 4.69) is 40.9 Å². The topological polar surface area (TPSA) is 120 Å². The van der Waals surface area contributed by atoms with Crippen LogP contribution < -0.4 is 4.68 Å². The summed E-state index contributed by atoms with van der Waals surface area (Å²) >= 11 is 6.07. The lowest BCUT2D eigenvalue weighted by atomic mass is 10.0. The van der Waals surface area contributed by atoms with Gasteiger partial charge >= 0.3 is 12.7 Å². The molecule has 1 N–H and O–H groups in total. The predicted molar refractivity (Wildman–Crippen MR) is 140 cm³/mol. The van der Waals surface area contributed by atoms with Gasteiger partial charge in [0, 0.05) is 36.1 Å². The van der Waals surface area contributed by atoms with Crippen LogP contribution in [0.15, 0.2) is 73.7 Å². The molecule has 0 amide bonds. The highest BCUT2D eigenvalue weighted by atomic mass is 35.5. The molecule has 44 heavy (non-hydrogen) atoms. The highest BCUT2D eigenvalue weighted by Gasteiger charge is 2.32. The summed E-state index contributed by atoms with van der Waals surface area (Å²) in [6.45, 7) is -2.91. The number of aromatic amines is 1. The zero-order valence-electron chi connectivity index (χ0n) is 21.9. The molecule has 0 aliphatic rings. The van der Waals surface area contributed by atoms with Gasteiger partial charge in [0.15, 0.2) is 11.0 Å². The number of nitrogens with zero attached hydrogens (tertiary/aromatic N) is 10. The number of rotatable bonds is 8. The van der Waals surface area contributed by atoms with Gasteiger partial charge in [0.05, 0.1) is 40.4 Å². The number of pyridine rings is 2. The average molecular weight is 633 g/mol. The van der Waals surface area contributed by atoms with Gasteiger partial charge in [-0.3, -0.25) is 14.6 Å². The number of tetrazole rings is 1. The molecule has 224 valence electrons. The van der Waals surface area contributed by atoms with E-state index in [9.17, 15) is 22.0 Å². The normalized spacial score (nSPS) is 12.6. The van der Waals surface area contributed by atoms with Crippen molar-refractivity contribution in [3.63, 3.8) is 0 Å². The highest BCUT2D eigenvalue weighted by Crippen LogP contribution is 2.34. The van der Waals surface area contributed by atoms with Gasteiger partial charge in [-0.1, -0.05) is 28.1 Å². The predicted octanol–water partition coefficient (Wildman–Crippen LogP) is 5.03. The molecule has 11 nitrogen and oxygen atoms in total. The molecule has 0 bridgehead atoms. The number of H-pyrrole nitrogens is 1. The first kappa shape index (κ1) is 28.9. The monoisotopic (exact) mass is 632 g/mol. The Morgan fingerprint density at radius 1 is 0.955 bits per heavy atom. The lowest BCUT2D eigenvalue weighted by Crippen LogP contribution is -2.33. The Morgan fingerprint density at radius 3 is 2.48 bits per heavy atom. The second-order valence-corrected chi connectivity index (χ2v) is 9.76. The number of alkyl halides is 5. The van der Waals surface area contributed by atoms with E-state index in [1.165, 1.54) is 46.4 Å². The largest absolute Gasteiger partial charge is 0.433 e. The van der Waals surface area contributed by atoms with Crippen LogP contribution in [0.5, 0.6) is 0 Å². The van der Waals surface area contributed by atoms with Crippen LogP contribution in [-0.2, 0) is 12.6 Å². The van der Waals surface area contributed by atoms with Crippen molar-refractivity contribution in [1.82, 2.24) is 50.3 Å². The van der Waals surface area contributed by atoms with E-state index in [1.807, 2.05) is 0 Å². The van der Waals surface area contributed by atoms with Gasteiger partial charge in [-0.25, -0.2) is 4.39 Å². The molecule has 0 fully saturated rings. The molecule has 5 heterocycles. The van der Waals surface area contributed by atoms with Gasteiger partial charge in [-0.2, -0.15) is 31.7 Å². The average Bonchev–Trinajstić information content (AvgIpc) is 3.80. The smallest absolute Gasteiger partial charge is 0.263 e. The van der Waals surface area contributed by atoms with E-state index in [0.29, 0.717) is 27.2 Å². The molecule has 0 aliphatic carbocycles. The molecule has 1 aromatic carbocycles. The molecular weight excluding hydrogens is 616 g/mol. The second-order valence-electron chi connectivity index (χ2n) is 9.35. The summed E-state index contributed by atoms with van der Waals surface area (Å²) in [6.07, 6.45) is 3.02. The summed E-state index contributed by atoms with van der Waals surface area (Å²) in [6, 6.07) is 7.62. The number of hydrogen-bond acceptors (Lipinski definition) is 7. The van der Waals surface area contributed by atoms with Crippen LogP contribution in [0.2, 0.25) is 5.02 Å². The van der Waals surface area contributed by atoms with Crippen molar-refractivity contribution < 1.29 is 31.0 Å². The van der Waals surface area contributed by atoms with E-state index in [-0.39, 0.29) is 28.3 Å². The van der Waals surface area contributed by atoms with Gasteiger partial charge in [0.1, 0.15) is 16.5 Å². The van der Waals surface area contributed by atoms with E-state index in [1.54, 1.807) is 18.2 Å². The molecule has 18 heteroatoms. The summed E-state index contributed by atoms with van der Waals surface area (Å²) in [4.78, 5) is 7.89. The van der Waals surface area contributed by atoms with Gasteiger partial charge in [0.25, 0.3) is 6.33 Å². The van der Waals surface area contributed by atoms with Crippen molar-refractivity contribution in [3.8, 4) is 27.9 Å². The Hall–Kier alpha value is -5.19. The Bertz CT molecular complexity index is 1900. The first-order chi connectivity index (χ1) is 21.1. The van der Waals surface area contributed by atoms with Crippen LogP contribution in [0.25, 0.3) is 27.9 Å². The molecular formula is C26H17ClF6N11+. The first-order valence-corrected chi connectivity index (χ1v) is 13.0. The quantitative estimate of drug-likeness (QED) is 0.185. The number of benzene rings is 1. The Balaban J connectivity index is 1.39. The van der Waals surface area contributed by atoms with Gasteiger partial charge in [-0.05, 0) is 35.9 Å². The molecule has 0 unspecified atom stereocenters. The summed E-state index contributed by atoms with van der Waals surface area (Å²) < 4.78 is 84.6. The molecule has 0 saturated heterocycles. The summed E-state index contributed by atoms with van der Waals surface area (Å²) in [5, 5.41) is 21.4. The van der Waals surface area contributed by atoms with E-state index < -0.39 is 30.3 Å². The van der Waals surface area contributed by atoms with Crippen LogP contribution >= 0.6 is 11.6 Å². The SMILES string of the molecule is Fc1c(Cl)ccc(-[n+]2cnn[nH]2)c1-c1ccc([C@@H](Cc2cn(C(F)F)nn2)n2cc(-c3ccnc(C(F)(F)F)c3)cn2)nc1. The Morgan fingerprint density at radius 2 is 1.80 bits per heavy atom. The fourth-order valence-corrected chi connectivity index (χ4v) is 4.67. The molecule has 6 rings (SSSR count). The summed E-state index contributed by atoms with van der Waals surface area (Å²) in [7, 11) is 0. The Labute approximate surface area is 247 Å². The lowest BCUT2D eigenvalue weighted by Gasteiger charge is -2.17. The summed E-state index contributed by atoms with van der Waals surface area (Å²) in [5.74, 6) is -0.715. The van der Waals surface area contributed by atoms with Crippen molar-refractivity contribution in [1.29, 1.82) is 0 Å².